The summed E-state index contributed by atoms with van der Waals surface area (Å²) in [6, 6.07) is 4.87. The summed E-state index contributed by atoms with van der Waals surface area (Å²) in [6.07, 6.45) is -0.749. The highest BCUT2D eigenvalue weighted by Gasteiger charge is 2.21. The Labute approximate surface area is 124 Å². The van der Waals surface area contributed by atoms with Crippen LogP contribution in [0.4, 0.5) is 10.5 Å². The van der Waals surface area contributed by atoms with E-state index >= 15 is 0 Å². The number of nitrogens with one attached hydrogen (secondary N) is 2. The molecule has 1 amide bonds. The van der Waals surface area contributed by atoms with Gasteiger partial charge in [-0.15, -0.1) is 0 Å². The maximum absolute atomic E-state index is 11.8. The number of benzene rings is 1. The summed E-state index contributed by atoms with van der Waals surface area (Å²) < 4.78 is 10.8. The Bertz CT molecular complexity index is 505. The number of phenols is 1. The molecule has 1 unspecified atom stereocenters. The number of ether oxygens (including phenoxy) is 2. The van der Waals surface area contributed by atoms with E-state index < -0.39 is 11.7 Å². The standard InChI is InChI=1S/C15H22N2O4/c1-15(2,3)21-14(19)17-10-4-5-12(18)11(8-10)13-9-16-6-7-20-13/h4-5,8,13,16,18H,6-7,9H2,1-3H3,(H,17,19). The molecule has 0 saturated carbocycles. The van der Waals surface area contributed by atoms with Gasteiger partial charge in [-0.3, -0.25) is 5.32 Å². The lowest BCUT2D eigenvalue weighted by molar-refractivity contribution is 0.0263. The van der Waals surface area contributed by atoms with Crippen molar-refractivity contribution in [3.63, 3.8) is 0 Å². The van der Waals surface area contributed by atoms with Crippen LogP contribution in [0.25, 0.3) is 0 Å². The van der Waals surface area contributed by atoms with Crippen LogP contribution in [-0.4, -0.2) is 36.5 Å². The molecule has 21 heavy (non-hydrogen) atoms. The average molecular weight is 294 g/mol. The van der Waals surface area contributed by atoms with Crippen LogP contribution >= 0.6 is 0 Å². The number of carbonyl (C=O) groups is 1. The van der Waals surface area contributed by atoms with Gasteiger partial charge < -0.3 is 19.9 Å². The second kappa shape index (κ2) is 6.32. The van der Waals surface area contributed by atoms with Crippen LogP contribution in [-0.2, 0) is 9.47 Å². The minimum absolute atomic E-state index is 0.151. The van der Waals surface area contributed by atoms with E-state index in [1.807, 2.05) is 0 Å². The first kappa shape index (κ1) is 15.6. The molecular formula is C15H22N2O4. The fourth-order valence-electron chi connectivity index (χ4n) is 2.08. The van der Waals surface area contributed by atoms with E-state index in [9.17, 15) is 9.90 Å². The van der Waals surface area contributed by atoms with Gasteiger partial charge in [0.2, 0.25) is 0 Å². The third kappa shape index (κ3) is 4.61. The van der Waals surface area contributed by atoms with Crippen LogP contribution in [0, 0.1) is 0 Å². The SMILES string of the molecule is CC(C)(C)OC(=O)Nc1ccc(O)c(C2CNCCO2)c1. The molecule has 0 spiro atoms. The molecule has 1 aromatic carbocycles. The van der Waals surface area contributed by atoms with Crippen LogP contribution in [0.5, 0.6) is 5.75 Å². The minimum Gasteiger partial charge on any atom is -0.508 e. The van der Waals surface area contributed by atoms with E-state index in [2.05, 4.69) is 10.6 Å². The fraction of sp³-hybridized carbons (Fsp3) is 0.533. The molecule has 1 heterocycles. The minimum atomic E-state index is -0.555. The largest absolute Gasteiger partial charge is 0.508 e. The van der Waals surface area contributed by atoms with Gasteiger partial charge in [0.25, 0.3) is 0 Å². The van der Waals surface area contributed by atoms with Crippen molar-refractivity contribution in [1.29, 1.82) is 0 Å². The van der Waals surface area contributed by atoms with E-state index in [0.29, 0.717) is 24.4 Å². The third-order valence-corrected chi connectivity index (χ3v) is 2.95. The Hall–Kier alpha value is -1.79. The Morgan fingerprint density at radius 2 is 2.24 bits per heavy atom. The number of hydrogen-bond acceptors (Lipinski definition) is 5. The van der Waals surface area contributed by atoms with E-state index in [4.69, 9.17) is 9.47 Å². The molecule has 6 heteroatoms. The van der Waals surface area contributed by atoms with Crippen molar-refractivity contribution < 1.29 is 19.4 Å². The first-order valence-electron chi connectivity index (χ1n) is 7.00. The number of anilines is 1. The summed E-state index contributed by atoms with van der Waals surface area (Å²) in [4.78, 5) is 11.8. The molecule has 1 atom stereocenters. The van der Waals surface area contributed by atoms with Gasteiger partial charge >= 0.3 is 6.09 Å². The number of phenolic OH excluding ortho intramolecular Hbond substituents is 1. The van der Waals surface area contributed by atoms with Gasteiger partial charge in [-0.1, -0.05) is 0 Å². The molecule has 1 aliphatic rings. The van der Waals surface area contributed by atoms with Crippen molar-refractivity contribution in [3.05, 3.63) is 23.8 Å². The van der Waals surface area contributed by atoms with Crippen molar-refractivity contribution >= 4 is 11.8 Å². The highest BCUT2D eigenvalue weighted by molar-refractivity contribution is 5.85. The lowest BCUT2D eigenvalue weighted by atomic mass is 10.1. The van der Waals surface area contributed by atoms with Gasteiger partial charge in [-0.2, -0.15) is 0 Å². The van der Waals surface area contributed by atoms with Crippen LogP contribution < -0.4 is 10.6 Å². The summed E-state index contributed by atoms with van der Waals surface area (Å²) in [7, 11) is 0. The van der Waals surface area contributed by atoms with E-state index in [1.165, 1.54) is 0 Å². The second-order valence-corrected chi connectivity index (χ2v) is 5.96. The molecule has 116 valence electrons. The lowest BCUT2D eigenvalue weighted by Crippen LogP contribution is -2.33. The van der Waals surface area contributed by atoms with Gasteiger partial charge in [-0.05, 0) is 39.0 Å². The highest BCUT2D eigenvalue weighted by atomic mass is 16.6. The predicted molar refractivity (Wildman–Crippen MR) is 79.5 cm³/mol. The summed E-state index contributed by atoms with van der Waals surface area (Å²) in [6.45, 7) is 7.42. The summed E-state index contributed by atoms with van der Waals surface area (Å²) in [5.74, 6) is 0.151. The number of morpholine rings is 1. The maximum atomic E-state index is 11.8. The fourth-order valence-corrected chi connectivity index (χ4v) is 2.08. The van der Waals surface area contributed by atoms with Crippen LogP contribution in [0.15, 0.2) is 18.2 Å². The highest BCUT2D eigenvalue weighted by Crippen LogP contribution is 2.30. The molecule has 1 aliphatic heterocycles. The number of amides is 1. The molecule has 0 aliphatic carbocycles. The van der Waals surface area contributed by atoms with Crippen molar-refractivity contribution in [2.24, 2.45) is 0 Å². The Morgan fingerprint density at radius 1 is 1.48 bits per heavy atom. The van der Waals surface area contributed by atoms with E-state index in [-0.39, 0.29) is 11.9 Å². The van der Waals surface area contributed by atoms with E-state index in [0.717, 1.165) is 6.54 Å². The molecule has 1 saturated heterocycles. The van der Waals surface area contributed by atoms with Crippen molar-refractivity contribution in [3.8, 4) is 5.75 Å². The van der Waals surface area contributed by atoms with Gasteiger partial charge in [0.05, 0.1) is 12.7 Å². The zero-order valence-corrected chi connectivity index (χ0v) is 12.6. The van der Waals surface area contributed by atoms with Gasteiger partial charge in [-0.25, -0.2) is 4.79 Å². The molecular weight excluding hydrogens is 272 g/mol. The van der Waals surface area contributed by atoms with E-state index in [1.54, 1.807) is 39.0 Å². The average Bonchev–Trinajstić information content (AvgIpc) is 2.40. The summed E-state index contributed by atoms with van der Waals surface area (Å²) in [5, 5.41) is 15.8. The lowest BCUT2D eigenvalue weighted by Gasteiger charge is -2.25. The Balaban J connectivity index is 2.09. The van der Waals surface area contributed by atoms with Gasteiger partial charge in [0.1, 0.15) is 11.4 Å². The first-order valence-corrected chi connectivity index (χ1v) is 7.00. The molecule has 1 fully saturated rings. The van der Waals surface area contributed by atoms with Gasteiger partial charge in [0.15, 0.2) is 0 Å². The summed E-state index contributed by atoms with van der Waals surface area (Å²) >= 11 is 0. The van der Waals surface area contributed by atoms with Crippen LogP contribution in [0.3, 0.4) is 0 Å². The van der Waals surface area contributed by atoms with Crippen molar-refractivity contribution in [1.82, 2.24) is 5.32 Å². The molecule has 3 N–H and O–H groups in total. The first-order chi connectivity index (χ1) is 9.85. The molecule has 2 rings (SSSR count). The quantitative estimate of drug-likeness (QED) is 0.730. The van der Waals surface area contributed by atoms with Crippen molar-refractivity contribution in [2.75, 3.05) is 25.0 Å². The molecule has 0 bridgehead atoms. The number of aromatic hydroxyl groups is 1. The molecule has 6 nitrogen and oxygen atoms in total. The predicted octanol–water partition coefficient (Wildman–Crippen LogP) is 2.40. The van der Waals surface area contributed by atoms with Crippen LogP contribution in [0.1, 0.15) is 32.4 Å². The summed E-state index contributed by atoms with van der Waals surface area (Å²) in [5.41, 5.74) is 0.655. The Morgan fingerprint density at radius 3 is 2.86 bits per heavy atom. The number of hydrogen-bond donors (Lipinski definition) is 3. The molecule has 0 radical (unpaired) electrons. The third-order valence-electron chi connectivity index (χ3n) is 2.95. The topological polar surface area (TPSA) is 79.8 Å². The normalized spacial score (nSPS) is 19.1. The number of rotatable bonds is 2. The zero-order chi connectivity index (χ0) is 15.5. The molecule has 1 aromatic rings. The zero-order valence-electron chi connectivity index (χ0n) is 12.6. The van der Waals surface area contributed by atoms with Crippen LogP contribution in [0.2, 0.25) is 0 Å². The van der Waals surface area contributed by atoms with Crippen molar-refractivity contribution in [2.45, 2.75) is 32.5 Å². The maximum Gasteiger partial charge on any atom is 0.412 e. The smallest absolute Gasteiger partial charge is 0.412 e. The second-order valence-electron chi connectivity index (χ2n) is 5.96. The Kier molecular flexibility index (Phi) is 4.69. The molecule has 0 aromatic heterocycles. The number of carbonyl (C=O) groups excluding carboxylic acids is 1. The van der Waals surface area contributed by atoms with Gasteiger partial charge in [0, 0.05) is 24.3 Å². The monoisotopic (exact) mass is 294 g/mol.